The highest BCUT2D eigenvalue weighted by molar-refractivity contribution is 7.13. The van der Waals surface area contributed by atoms with Gasteiger partial charge < -0.3 is 15.1 Å². The van der Waals surface area contributed by atoms with Crippen LogP contribution in [0.3, 0.4) is 0 Å². The lowest BCUT2D eigenvalue weighted by Gasteiger charge is -2.31. The fraction of sp³-hybridized carbons (Fsp3) is 0.450. The molecule has 2 aliphatic heterocycles. The summed E-state index contributed by atoms with van der Waals surface area (Å²) in [5.74, 6) is -0.723. The summed E-state index contributed by atoms with van der Waals surface area (Å²) in [6.07, 6.45) is 2.69. The smallest absolute Gasteiger partial charge is 0.227 e. The number of aryl methyl sites for hydroxylation is 1. The number of piperidine rings is 1. The normalized spacial score (nSPS) is 18.0. The van der Waals surface area contributed by atoms with Crippen molar-refractivity contribution in [1.82, 2.24) is 4.98 Å². The highest BCUT2D eigenvalue weighted by Crippen LogP contribution is 2.29. The van der Waals surface area contributed by atoms with Crippen molar-refractivity contribution >= 4 is 39.7 Å². The molecule has 28 heavy (non-hydrogen) atoms. The van der Waals surface area contributed by atoms with Crippen molar-refractivity contribution in [2.75, 3.05) is 34.8 Å². The average molecular weight is 402 g/mol. The van der Waals surface area contributed by atoms with E-state index in [0.29, 0.717) is 18.7 Å². The standard InChI is InChI=1S/C20H23FN4O2S/c1-13-12-28-20(22-13)24-9-6-14(7-10-24)19(27)23-15-4-5-17(16(21)11-15)25-8-2-3-18(25)26/h4-5,11-12,14H,2-3,6-10H2,1H3,(H,23,27). The van der Waals surface area contributed by atoms with Crippen LogP contribution < -0.4 is 15.1 Å². The van der Waals surface area contributed by atoms with Gasteiger partial charge >= 0.3 is 0 Å². The number of carbonyl (C=O) groups excluding carboxylic acids is 2. The molecule has 1 aromatic carbocycles. The molecule has 0 atom stereocenters. The molecule has 4 rings (SSSR count). The van der Waals surface area contributed by atoms with Crippen molar-refractivity contribution in [3.63, 3.8) is 0 Å². The van der Waals surface area contributed by atoms with Crippen LogP contribution in [0.5, 0.6) is 0 Å². The van der Waals surface area contributed by atoms with Gasteiger partial charge in [-0.2, -0.15) is 0 Å². The van der Waals surface area contributed by atoms with Crippen LogP contribution in [0, 0.1) is 18.7 Å². The first kappa shape index (κ1) is 18.9. The van der Waals surface area contributed by atoms with Crippen LogP contribution in [0.2, 0.25) is 0 Å². The zero-order valence-corrected chi connectivity index (χ0v) is 16.6. The topological polar surface area (TPSA) is 65.5 Å². The fourth-order valence-corrected chi connectivity index (χ4v) is 4.63. The Hall–Kier alpha value is -2.48. The summed E-state index contributed by atoms with van der Waals surface area (Å²) in [7, 11) is 0. The minimum Gasteiger partial charge on any atom is -0.348 e. The number of halogens is 1. The molecule has 6 nitrogen and oxygen atoms in total. The molecule has 1 N–H and O–H groups in total. The van der Waals surface area contributed by atoms with Gasteiger partial charge in [-0.25, -0.2) is 9.37 Å². The molecule has 0 radical (unpaired) electrons. The van der Waals surface area contributed by atoms with E-state index in [1.807, 2.05) is 12.3 Å². The number of anilines is 3. The number of benzene rings is 1. The number of nitrogens with one attached hydrogen (secondary N) is 1. The van der Waals surface area contributed by atoms with Gasteiger partial charge in [0, 0.05) is 43.0 Å². The summed E-state index contributed by atoms with van der Waals surface area (Å²) in [4.78, 5) is 32.6. The lowest BCUT2D eigenvalue weighted by molar-refractivity contribution is -0.120. The molecular formula is C20H23FN4O2S. The van der Waals surface area contributed by atoms with Crippen molar-refractivity contribution < 1.29 is 14.0 Å². The summed E-state index contributed by atoms with van der Waals surface area (Å²) >= 11 is 1.63. The van der Waals surface area contributed by atoms with E-state index in [4.69, 9.17) is 0 Å². The monoisotopic (exact) mass is 402 g/mol. The number of nitrogens with zero attached hydrogens (tertiary/aromatic N) is 3. The molecule has 3 heterocycles. The quantitative estimate of drug-likeness (QED) is 0.849. The molecule has 0 saturated carbocycles. The minimum absolute atomic E-state index is 0.0575. The maximum absolute atomic E-state index is 14.5. The molecule has 8 heteroatoms. The van der Waals surface area contributed by atoms with Crippen molar-refractivity contribution in [1.29, 1.82) is 0 Å². The van der Waals surface area contributed by atoms with Crippen LogP contribution in [0.15, 0.2) is 23.6 Å². The maximum atomic E-state index is 14.5. The van der Waals surface area contributed by atoms with E-state index >= 15 is 0 Å². The number of hydrogen-bond donors (Lipinski definition) is 1. The average Bonchev–Trinajstić information content (AvgIpc) is 3.30. The van der Waals surface area contributed by atoms with Gasteiger partial charge in [0.2, 0.25) is 11.8 Å². The van der Waals surface area contributed by atoms with Crippen molar-refractivity contribution in [2.45, 2.75) is 32.6 Å². The van der Waals surface area contributed by atoms with Crippen LogP contribution >= 0.6 is 11.3 Å². The maximum Gasteiger partial charge on any atom is 0.227 e. The predicted molar refractivity (Wildman–Crippen MR) is 108 cm³/mol. The highest BCUT2D eigenvalue weighted by Gasteiger charge is 2.27. The van der Waals surface area contributed by atoms with Gasteiger partial charge in [-0.15, -0.1) is 11.3 Å². The van der Waals surface area contributed by atoms with Crippen molar-refractivity contribution in [3.05, 3.63) is 35.1 Å². The first-order valence-corrected chi connectivity index (χ1v) is 10.5. The van der Waals surface area contributed by atoms with Gasteiger partial charge in [0.1, 0.15) is 5.82 Å². The second kappa shape index (κ2) is 7.87. The summed E-state index contributed by atoms with van der Waals surface area (Å²) < 4.78 is 14.5. The molecular weight excluding hydrogens is 379 g/mol. The Balaban J connectivity index is 1.35. The van der Waals surface area contributed by atoms with Crippen molar-refractivity contribution in [2.24, 2.45) is 5.92 Å². The minimum atomic E-state index is -0.484. The summed E-state index contributed by atoms with van der Waals surface area (Å²) in [5.41, 5.74) is 1.73. The van der Waals surface area contributed by atoms with Crippen LogP contribution in [0.25, 0.3) is 0 Å². The van der Waals surface area contributed by atoms with Gasteiger partial charge in [-0.1, -0.05) is 0 Å². The molecule has 0 spiro atoms. The van der Waals surface area contributed by atoms with E-state index in [0.717, 1.165) is 43.2 Å². The summed E-state index contributed by atoms with van der Waals surface area (Å²) in [6, 6.07) is 4.53. The van der Waals surface area contributed by atoms with E-state index in [9.17, 15) is 14.0 Å². The van der Waals surface area contributed by atoms with Crippen LogP contribution in [0.4, 0.5) is 20.9 Å². The zero-order chi connectivity index (χ0) is 19.7. The lowest BCUT2D eigenvalue weighted by Crippen LogP contribution is -2.38. The van der Waals surface area contributed by atoms with E-state index in [-0.39, 0.29) is 23.4 Å². The largest absolute Gasteiger partial charge is 0.348 e. The van der Waals surface area contributed by atoms with Crippen LogP contribution in [0.1, 0.15) is 31.4 Å². The summed E-state index contributed by atoms with van der Waals surface area (Å²) in [6.45, 7) is 4.09. The molecule has 1 aromatic heterocycles. The van der Waals surface area contributed by atoms with Gasteiger partial charge in [-0.3, -0.25) is 9.59 Å². The van der Waals surface area contributed by atoms with Crippen LogP contribution in [-0.2, 0) is 9.59 Å². The molecule has 2 aliphatic rings. The van der Waals surface area contributed by atoms with Crippen LogP contribution in [-0.4, -0.2) is 36.4 Å². The van der Waals surface area contributed by atoms with E-state index in [2.05, 4.69) is 15.2 Å². The Bertz CT molecular complexity index is 892. The Kier molecular flexibility index (Phi) is 5.30. The highest BCUT2D eigenvalue weighted by atomic mass is 32.1. The second-order valence-corrected chi connectivity index (χ2v) is 8.17. The molecule has 2 saturated heterocycles. The van der Waals surface area contributed by atoms with E-state index in [1.54, 1.807) is 23.5 Å². The number of amides is 2. The Labute approximate surface area is 167 Å². The van der Waals surface area contributed by atoms with Gasteiger partial charge in [0.15, 0.2) is 5.13 Å². The third-order valence-electron chi connectivity index (χ3n) is 5.32. The van der Waals surface area contributed by atoms with Gasteiger partial charge in [0.05, 0.1) is 11.4 Å². The Morgan fingerprint density at radius 2 is 2.07 bits per heavy atom. The first-order valence-electron chi connectivity index (χ1n) is 9.59. The molecule has 2 amide bonds. The molecule has 0 unspecified atom stereocenters. The zero-order valence-electron chi connectivity index (χ0n) is 15.8. The van der Waals surface area contributed by atoms with Gasteiger partial charge in [-0.05, 0) is 44.4 Å². The summed E-state index contributed by atoms with van der Waals surface area (Å²) in [5, 5.41) is 5.86. The molecule has 148 valence electrons. The number of thiazole rings is 1. The Morgan fingerprint density at radius 1 is 1.29 bits per heavy atom. The fourth-order valence-electron chi connectivity index (χ4n) is 3.77. The first-order chi connectivity index (χ1) is 13.5. The molecule has 2 fully saturated rings. The number of carbonyl (C=O) groups is 2. The third kappa shape index (κ3) is 3.87. The Morgan fingerprint density at radius 3 is 2.68 bits per heavy atom. The molecule has 0 aliphatic carbocycles. The third-order valence-corrected chi connectivity index (χ3v) is 6.34. The van der Waals surface area contributed by atoms with E-state index < -0.39 is 5.82 Å². The van der Waals surface area contributed by atoms with Crippen molar-refractivity contribution in [3.8, 4) is 0 Å². The number of aromatic nitrogens is 1. The predicted octanol–water partition coefficient (Wildman–Crippen LogP) is 3.57. The number of hydrogen-bond acceptors (Lipinski definition) is 5. The molecule has 0 bridgehead atoms. The second-order valence-electron chi connectivity index (χ2n) is 7.34. The molecule has 2 aromatic rings. The number of rotatable bonds is 4. The lowest BCUT2D eigenvalue weighted by atomic mass is 9.96. The van der Waals surface area contributed by atoms with E-state index in [1.165, 1.54) is 11.0 Å². The SMILES string of the molecule is Cc1csc(N2CCC(C(=O)Nc3ccc(N4CCCC4=O)c(F)c3)CC2)n1. The van der Waals surface area contributed by atoms with Gasteiger partial charge in [0.25, 0.3) is 0 Å².